The maximum atomic E-state index is 6.30. The van der Waals surface area contributed by atoms with Crippen LogP contribution in [0.15, 0.2) is 36.7 Å². The molecule has 1 unspecified atom stereocenters. The number of benzene rings is 1. The molecule has 0 aliphatic heterocycles. The molecule has 8 heteroatoms. The van der Waals surface area contributed by atoms with Crippen LogP contribution in [0.4, 0.5) is 5.95 Å². The molecule has 1 aliphatic rings. The first-order chi connectivity index (χ1) is 11.7. The quantitative estimate of drug-likeness (QED) is 0.767. The molecule has 0 radical (unpaired) electrons. The number of aromatic nitrogens is 5. The molecule has 2 aromatic heterocycles. The van der Waals surface area contributed by atoms with Gasteiger partial charge in [-0.25, -0.2) is 0 Å². The second-order valence-corrected chi connectivity index (χ2v) is 6.44. The summed E-state index contributed by atoms with van der Waals surface area (Å²) in [6, 6.07) is 7.56. The van der Waals surface area contributed by atoms with Crippen molar-refractivity contribution in [1.29, 1.82) is 0 Å². The zero-order chi connectivity index (χ0) is 16.5. The highest BCUT2D eigenvalue weighted by Gasteiger charge is 2.23. The summed E-state index contributed by atoms with van der Waals surface area (Å²) in [4.78, 5) is 4.21. The number of aryl methyl sites for hydroxylation is 1. The lowest BCUT2D eigenvalue weighted by molar-refractivity contribution is 0.592. The number of hydrogen-bond acceptors (Lipinski definition) is 5. The third kappa shape index (κ3) is 2.72. The summed E-state index contributed by atoms with van der Waals surface area (Å²) in [5.74, 6) is 0.536. The Morgan fingerprint density at radius 3 is 3.04 bits per heavy atom. The Morgan fingerprint density at radius 2 is 2.12 bits per heavy atom. The second-order valence-electron chi connectivity index (χ2n) is 5.65. The molecule has 0 fully saturated rings. The lowest BCUT2D eigenvalue weighted by atomic mass is 9.89. The third-order valence-electron chi connectivity index (χ3n) is 4.19. The minimum atomic E-state index is 0.138. The van der Waals surface area contributed by atoms with Crippen LogP contribution in [0, 0.1) is 0 Å². The Kier molecular flexibility index (Phi) is 4.08. The van der Waals surface area contributed by atoms with Crippen molar-refractivity contribution in [3.8, 4) is 5.69 Å². The first kappa shape index (κ1) is 15.4. The van der Waals surface area contributed by atoms with Gasteiger partial charge in [-0.3, -0.25) is 4.98 Å². The van der Waals surface area contributed by atoms with Gasteiger partial charge in [0.15, 0.2) is 0 Å². The molecule has 4 rings (SSSR count). The maximum Gasteiger partial charge on any atom is 0.248 e. The molecule has 0 amide bonds. The summed E-state index contributed by atoms with van der Waals surface area (Å²) >= 11 is 12.4. The van der Waals surface area contributed by atoms with Crippen molar-refractivity contribution in [1.82, 2.24) is 25.2 Å². The van der Waals surface area contributed by atoms with Gasteiger partial charge in [0.05, 0.1) is 21.8 Å². The number of anilines is 1. The molecular formula is C16H14Cl2N6. The molecule has 0 saturated carbocycles. The van der Waals surface area contributed by atoms with E-state index in [1.165, 1.54) is 11.1 Å². The van der Waals surface area contributed by atoms with Gasteiger partial charge in [0.2, 0.25) is 5.95 Å². The van der Waals surface area contributed by atoms with Crippen molar-refractivity contribution in [2.45, 2.75) is 25.3 Å². The average molecular weight is 361 g/mol. The Hall–Kier alpha value is -2.18. The molecule has 1 aromatic carbocycles. The van der Waals surface area contributed by atoms with Crippen LogP contribution in [0.2, 0.25) is 10.0 Å². The SMILES string of the molecule is Clc1cccc(-n2nnnc2NC2CCCc3cnccc32)c1Cl. The molecule has 122 valence electrons. The number of nitrogens with one attached hydrogen (secondary N) is 1. The summed E-state index contributed by atoms with van der Waals surface area (Å²) in [5.41, 5.74) is 3.14. The number of halogens is 2. The van der Waals surface area contributed by atoms with Gasteiger partial charge in [-0.05, 0) is 59.0 Å². The van der Waals surface area contributed by atoms with E-state index in [-0.39, 0.29) is 6.04 Å². The first-order valence-electron chi connectivity index (χ1n) is 7.66. The van der Waals surface area contributed by atoms with E-state index in [1.54, 1.807) is 10.7 Å². The van der Waals surface area contributed by atoms with Crippen molar-refractivity contribution in [2.75, 3.05) is 5.32 Å². The molecular weight excluding hydrogens is 347 g/mol. The molecule has 3 aromatic rings. The highest BCUT2D eigenvalue weighted by Crippen LogP contribution is 2.33. The Bertz CT molecular complexity index is 879. The standard InChI is InChI=1S/C16H14Cl2N6/c17-12-4-2-6-14(15(12)18)24-16(21-22-23-24)20-13-5-1-3-10-9-19-8-7-11(10)13/h2,4,6-9,13H,1,3,5H2,(H,20,21,23). The van der Waals surface area contributed by atoms with Crippen LogP contribution in [0.3, 0.4) is 0 Å². The Morgan fingerprint density at radius 1 is 1.21 bits per heavy atom. The van der Waals surface area contributed by atoms with Gasteiger partial charge in [-0.1, -0.05) is 34.4 Å². The van der Waals surface area contributed by atoms with Gasteiger partial charge in [-0.2, -0.15) is 4.68 Å². The maximum absolute atomic E-state index is 6.30. The van der Waals surface area contributed by atoms with Crippen LogP contribution in [0.1, 0.15) is 30.0 Å². The molecule has 0 bridgehead atoms. The van der Waals surface area contributed by atoms with E-state index in [4.69, 9.17) is 23.2 Å². The number of fused-ring (bicyclic) bond motifs is 1. The molecule has 2 heterocycles. The van der Waals surface area contributed by atoms with E-state index in [0.29, 0.717) is 21.7 Å². The monoisotopic (exact) mass is 360 g/mol. The third-order valence-corrected chi connectivity index (χ3v) is 5.00. The molecule has 24 heavy (non-hydrogen) atoms. The number of hydrogen-bond donors (Lipinski definition) is 1. The van der Waals surface area contributed by atoms with E-state index < -0.39 is 0 Å². The summed E-state index contributed by atoms with van der Waals surface area (Å²) in [6.45, 7) is 0. The van der Waals surface area contributed by atoms with Crippen LogP contribution in [-0.4, -0.2) is 25.2 Å². The topological polar surface area (TPSA) is 68.5 Å². The fourth-order valence-electron chi connectivity index (χ4n) is 3.04. The number of nitrogens with zero attached hydrogens (tertiary/aromatic N) is 5. The highest BCUT2D eigenvalue weighted by atomic mass is 35.5. The normalized spacial score (nSPS) is 16.7. The minimum Gasteiger partial charge on any atom is -0.346 e. The lowest BCUT2D eigenvalue weighted by Crippen LogP contribution is -2.19. The summed E-state index contributed by atoms with van der Waals surface area (Å²) in [7, 11) is 0. The molecule has 0 spiro atoms. The zero-order valence-corrected chi connectivity index (χ0v) is 14.2. The second kappa shape index (κ2) is 6.37. The van der Waals surface area contributed by atoms with Crippen LogP contribution in [-0.2, 0) is 6.42 Å². The van der Waals surface area contributed by atoms with Gasteiger partial charge >= 0.3 is 0 Å². The predicted octanol–water partition coefficient (Wildman–Crippen LogP) is 3.85. The van der Waals surface area contributed by atoms with Gasteiger partial charge in [-0.15, -0.1) is 0 Å². The summed E-state index contributed by atoms with van der Waals surface area (Å²) < 4.78 is 1.57. The van der Waals surface area contributed by atoms with E-state index in [0.717, 1.165) is 19.3 Å². The fraction of sp³-hybridized carbons (Fsp3) is 0.250. The van der Waals surface area contributed by atoms with Crippen molar-refractivity contribution >= 4 is 29.2 Å². The van der Waals surface area contributed by atoms with Gasteiger partial charge < -0.3 is 5.32 Å². The summed E-state index contributed by atoms with van der Waals surface area (Å²) in [5, 5.41) is 16.2. The lowest BCUT2D eigenvalue weighted by Gasteiger charge is -2.26. The van der Waals surface area contributed by atoms with Crippen LogP contribution >= 0.6 is 23.2 Å². The molecule has 1 N–H and O–H groups in total. The van der Waals surface area contributed by atoms with Crippen molar-refractivity contribution < 1.29 is 0 Å². The van der Waals surface area contributed by atoms with Crippen LogP contribution < -0.4 is 5.32 Å². The molecule has 0 saturated heterocycles. The first-order valence-corrected chi connectivity index (χ1v) is 8.41. The van der Waals surface area contributed by atoms with E-state index in [2.05, 4.69) is 25.8 Å². The Balaban J connectivity index is 1.69. The van der Waals surface area contributed by atoms with Crippen molar-refractivity contribution in [2.24, 2.45) is 0 Å². The van der Waals surface area contributed by atoms with E-state index in [9.17, 15) is 0 Å². The smallest absolute Gasteiger partial charge is 0.248 e. The molecule has 1 aliphatic carbocycles. The Labute approximate surface area is 148 Å². The summed E-state index contributed by atoms with van der Waals surface area (Å²) in [6.07, 6.45) is 6.89. The van der Waals surface area contributed by atoms with Crippen molar-refractivity contribution in [3.05, 3.63) is 57.8 Å². The minimum absolute atomic E-state index is 0.138. The fourth-order valence-corrected chi connectivity index (χ4v) is 3.42. The largest absolute Gasteiger partial charge is 0.346 e. The average Bonchev–Trinajstić information content (AvgIpc) is 3.06. The van der Waals surface area contributed by atoms with E-state index in [1.807, 2.05) is 30.6 Å². The van der Waals surface area contributed by atoms with Crippen molar-refractivity contribution in [3.63, 3.8) is 0 Å². The predicted molar refractivity (Wildman–Crippen MR) is 92.7 cm³/mol. The number of tetrazole rings is 1. The highest BCUT2D eigenvalue weighted by molar-refractivity contribution is 6.43. The number of rotatable bonds is 3. The van der Waals surface area contributed by atoms with Gasteiger partial charge in [0.25, 0.3) is 0 Å². The van der Waals surface area contributed by atoms with Gasteiger partial charge in [0, 0.05) is 12.4 Å². The molecule has 6 nitrogen and oxygen atoms in total. The molecule has 1 atom stereocenters. The van der Waals surface area contributed by atoms with Crippen LogP contribution in [0.25, 0.3) is 5.69 Å². The zero-order valence-electron chi connectivity index (χ0n) is 12.7. The van der Waals surface area contributed by atoms with Crippen LogP contribution in [0.5, 0.6) is 0 Å². The number of pyridine rings is 1. The van der Waals surface area contributed by atoms with E-state index >= 15 is 0 Å². The van der Waals surface area contributed by atoms with Gasteiger partial charge in [0.1, 0.15) is 0 Å².